The van der Waals surface area contributed by atoms with Crippen LogP contribution in [0.3, 0.4) is 0 Å². The van der Waals surface area contributed by atoms with Gasteiger partial charge in [0.15, 0.2) is 11.5 Å². The average molecular weight is 283 g/mol. The first-order valence-corrected chi connectivity index (χ1v) is 6.90. The molecule has 1 heterocycles. The molecule has 0 aromatic heterocycles. The van der Waals surface area contributed by atoms with Gasteiger partial charge in [0.05, 0.1) is 6.04 Å². The van der Waals surface area contributed by atoms with E-state index in [2.05, 4.69) is 5.32 Å². The number of fused-ring (bicyclic) bond motifs is 1. The number of carbonyl (C=O) groups excluding carboxylic acids is 1. The first-order chi connectivity index (χ1) is 10.1. The minimum atomic E-state index is -0.0256. The van der Waals surface area contributed by atoms with Crippen molar-refractivity contribution < 1.29 is 14.3 Å². The van der Waals surface area contributed by atoms with E-state index in [9.17, 15) is 4.79 Å². The Hall–Kier alpha value is -2.49. The maximum absolute atomic E-state index is 11.1. The Morgan fingerprint density at radius 1 is 1.05 bits per heavy atom. The van der Waals surface area contributed by atoms with Crippen LogP contribution in [0.1, 0.15) is 25.5 Å². The minimum absolute atomic E-state index is 0.00769. The smallest absolute Gasteiger partial charge is 0.231 e. The standard InChI is InChI=1S/C17H17NO3/c1-11(18-12(2)19)13-3-5-14(6-4-13)15-7-8-16-17(9-15)21-10-20-16/h3-9,11H,10H2,1-2H3,(H,18,19). The SMILES string of the molecule is CC(=O)NC(C)c1ccc(-c2ccc3c(c2)OCO3)cc1. The van der Waals surface area contributed by atoms with Gasteiger partial charge < -0.3 is 14.8 Å². The van der Waals surface area contributed by atoms with Crippen LogP contribution in [0, 0.1) is 0 Å². The molecule has 2 aromatic carbocycles. The normalized spacial score (nSPS) is 13.8. The van der Waals surface area contributed by atoms with E-state index in [-0.39, 0.29) is 18.7 Å². The lowest BCUT2D eigenvalue weighted by Crippen LogP contribution is -2.23. The number of rotatable bonds is 3. The van der Waals surface area contributed by atoms with E-state index in [4.69, 9.17) is 9.47 Å². The van der Waals surface area contributed by atoms with Crippen molar-refractivity contribution in [3.63, 3.8) is 0 Å². The summed E-state index contributed by atoms with van der Waals surface area (Å²) in [7, 11) is 0. The lowest BCUT2D eigenvalue weighted by atomic mass is 10.0. The fraction of sp³-hybridized carbons (Fsp3) is 0.235. The van der Waals surface area contributed by atoms with Crippen molar-refractivity contribution in [2.75, 3.05) is 6.79 Å². The third kappa shape index (κ3) is 2.84. The molecule has 1 amide bonds. The van der Waals surface area contributed by atoms with Crippen LogP contribution in [0.4, 0.5) is 0 Å². The Kier molecular flexibility index (Phi) is 3.52. The molecule has 1 aliphatic heterocycles. The Morgan fingerprint density at radius 3 is 2.43 bits per heavy atom. The molecule has 4 heteroatoms. The Labute approximate surface area is 123 Å². The molecule has 1 aliphatic rings. The second kappa shape index (κ2) is 5.48. The van der Waals surface area contributed by atoms with Gasteiger partial charge in [-0.25, -0.2) is 0 Å². The van der Waals surface area contributed by atoms with Gasteiger partial charge in [-0.3, -0.25) is 4.79 Å². The highest BCUT2D eigenvalue weighted by Gasteiger charge is 2.14. The van der Waals surface area contributed by atoms with Crippen LogP contribution in [-0.4, -0.2) is 12.7 Å². The molecular weight excluding hydrogens is 266 g/mol. The third-order valence-electron chi connectivity index (χ3n) is 3.54. The summed E-state index contributed by atoms with van der Waals surface area (Å²) in [5, 5.41) is 2.88. The predicted octanol–water partition coefficient (Wildman–Crippen LogP) is 3.28. The van der Waals surface area contributed by atoms with Crippen LogP contribution in [0.25, 0.3) is 11.1 Å². The lowest BCUT2D eigenvalue weighted by molar-refractivity contribution is -0.119. The van der Waals surface area contributed by atoms with Crippen LogP contribution in [-0.2, 0) is 4.79 Å². The Balaban J connectivity index is 1.82. The highest BCUT2D eigenvalue weighted by Crippen LogP contribution is 2.36. The Morgan fingerprint density at radius 2 is 1.71 bits per heavy atom. The lowest BCUT2D eigenvalue weighted by Gasteiger charge is -2.13. The summed E-state index contributed by atoms with van der Waals surface area (Å²) in [6.45, 7) is 3.78. The van der Waals surface area contributed by atoms with Gasteiger partial charge in [0, 0.05) is 6.92 Å². The van der Waals surface area contributed by atoms with Crippen molar-refractivity contribution in [1.82, 2.24) is 5.32 Å². The molecule has 108 valence electrons. The average Bonchev–Trinajstić information content (AvgIpc) is 2.94. The van der Waals surface area contributed by atoms with E-state index in [0.717, 1.165) is 28.2 Å². The zero-order chi connectivity index (χ0) is 14.8. The summed E-state index contributed by atoms with van der Waals surface area (Å²) < 4.78 is 10.7. The van der Waals surface area contributed by atoms with E-state index in [1.807, 2.05) is 49.4 Å². The number of ether oxygens (including phenoxy) is 2. The summed E-state index contributed by atoms with van der Waals surface area (Å²) in [4.78, 5) is 11.1. The van der Waals surface area contributed by atoms with Crippen molar-refractivity contribution in [2.45, 2.75) is 19.9 Å². The van der Waals surface area contributed by atoms with Gasteiger partial charge >= 0.3 is 0 Å². The summed E-state index contributed by atoms with van der Waals surface area (Å²) in [5.41, 5.74) is 3.26. The van der Waals surface area contributed by atoms with Crippen molar-refractivity contribution in [1.29, 1.82) is 0 Å². The molecule has 1 unspecified atom stereocenters. The zero-order valence-corrected chi connectivity index (χ0v) is 12.1. The summed E-state index contributed by atoms with van der Waals surface area (Å²) in [6, 6.07) is 14.1. The molecule has 0 saturated carbocycles. The number of amides is 1. The van der Waals surface area contributed by atoms with E-state index in [1.165, 1.54) is 6.92 Å². The van der Waals surface area contributed by atoms with Crippen LogP contribution in [0.2, 0.25) is 0 Å². The first kappa shape index (κ1) is 13.5. The number of hydrogen-bond donors (Lipinski definition) is 1. The van der Waals surface area contributed by atoms with Gasteiger partial charge in [0.1, 0.15) is 0 Å². The molecule has 3 rings (SSSR count). The van der Waals surface area contributed by atoms with Crippen molar-refractivity contribution in [3.05, 3.63) is 48.0 Å². The molecule has 1 atom stereocenters. The van der Waals surface area contributed by atoms with Crippen LogP contribution in [0.15, 0.2) is 42.5 Å². The fourth-order valence-electron chi connectivity index (χ4n) is 2.43. The van der Waals surface area contributed by atoms with Gasteiger partial charge in [-0.15, -0.1) is 0 Å². The predicted molar refractivity (Wildman–Crippen MR) is 80.2 cm³/mol. The summed E-state index contributed by atoms with van der Waals surface area (Å²) >= 11 is 0. The van der Waals surface area contributed by atoms with Crippen LogP contribution < -0.4 is 14.8 Å². The molecule has 0 saturated heterocycles. The third-order valence-corrected chi connectivity index (χ3v) is 3.54. The van der Waals surface area contributed by atoms with Crippen LogP contribution in [0.5, 0.6) is 11.5 Å². The monoisotopic (exact) mass is 283 g/mol. The maximum atomic E-state index is 11.1. The fourth-order valence-corrected chi connectivity index (χ4v) is 2.43. The topological polar surface area (TPSA) is 47.6 Å². The number of benzene rings is 2. The number of nitrogens with one attached hydrogen (secondary N) is 1. The molecule has 1 N–H and O–H groups in total. The molecule has 2 aromatic rings. The van der Waals surface area contributed by atoms with Crippen molar-refractivity contribution >= 4 is 5.91 Å². The second-order valence-electron chi connectivity index (χ2n) is 5.11. The molecule has 4 nitrogen and oxygen atoms in total. The number of carbonyl (C=O) groups is 1. The van der Waals surface area contributed by atoms with Crippen LogP contribution >= 0.6 is 0 Å². The van der Waals surface area contributed by atoms with E-state index >= 15 is 0 Å². The quantitative estimate of drug-likeness (QED) is 0.940. The largest absolute Gasteiger partial charge is 0.454 e. The second-order valence-corrected chi connectivity index (χ2v) is 5.11. The molecule has 0 bridgehead atoms. The molecule has 0 radical (unpaired) electrons. The minimum Gasteiger partial charge on any atom is -0.454 e. The van der Waals surface area contributed by atoms with Crippen molar-refractivity contribution in [3.8, 4) is 22.6 Å². The molecule has 0 aliphatic carbocycles. The first-order valence-electron chi connectivity index (χ1n) is 6.90. The van der Waals surface area contributed by atoms with E-state index in [0.29, 0.717) is 0 Å². The maximum Gasteiger partial charge on any atom is 0.231 e. The highest BCUT2D eigenvalue weighted by atomic mass is 16.7. The van der Waals surface area contributed by atoms with E-state index < -0.39 is 0 Å². The van der Waals surface area contributed by atoms with E-state index in [1.54, 1.807) is 0 Å². The zero-order valence-electron chi connectivity index (χ0n) is 12.1. The van der Waals surface area contributed by atoms with Gasteiger partial charge in [0.2, 0.25) is 12.7 Å². The number of hydrogen-bond acceptors (Lipinski definition) is 3. The van der Waals surface area contributed by atoms with Crippen molar-refractivity contribution in [2.24, 2.45) is 0 Å². The molecule has 0 spiro atoms. The summed E-state index contributed by atoms with van der Waals surface area (Å²) in [6.07, 6.45) is 0. The van der Waals surface area contributed by atoms with Gasteiger partial charge in [-0.2, -0.15) is 0 Å². The van der Waals surface area contributed by atoms with Gasteiger partial charge in [-0.1, -0.05) is 30.3 Å². The molecule has 21 heavy (non-hydrogen) atoms. The molecule has 0 fully saturated rings. The summed E-state index contributed by atoms with van der Waals surface area (Å²) in [5.74, 6) is 1.54. The highest BCUT2D eigenvalue weighted by molar-refractivity contribution is 5.73. The van der Waals surface area contributed by atoms with Gasteiger partial charge in [0.25, 0.3) is 0 Å². The Bertz CT molecular complexity index is 664. The van der Waals surface area contributed by atoms with Gasteiger partial charge in [-0.05, 0) is 35.7 Å². The molecular formula is C17H17NO3.